The molecule has 0 bridgehead atoms. The minimum Gasteiger partial charge on any atom is -0.468 e. The molecule has 0 saturated heterocycles. The van der Waals surface area contributed by atoms with Crippen molar-refractivity contribution >= 4 is 21.6 Å². The molecule has 1 saturated carbocycles. The zero-order valence-electron chi connectivity index (χ0n) is 18.4. The maximum atomic E-state index is 13.1. The number of furan rings is 1. The van der Waals surface area contributed by atoms with Gasteiger partial charge in [0.05, 0.1) is 24.2 Å². The second-order valence-electron chi connectivity index (χ2n) is 9.02. The molecule has 1 N–H and O–H groups in total. The Morgan fingerprint density at radius 3 is 2.39 bits per heavy atom. The number of hydrogen-bond acceptors (Lipinski definition) is 5. The lowest BCUT2D eigenvalue weighted by atomic mass is 9.72. The predicted molar refractivity (Wildman–Crippen MR) is 120 cm³/mol. The standard InChI is InChI=1S/C23H31N3O4S/c1-23(2,3)18-11-13-19(14-12-18)24-25-22(27)17-26(16-20-8-7-15-30-20)31(28,29)21-9-5-4-6-10-21/h4-10,15,18H,11-14,16-17H2,1-3H3,(H,25,27). The van der Waals surface area contributed by atoms with Gasteiger partial charge in [0, 0.05) is 5.71 Å². The Hall–Kier alpha value is -2.45. The van der Waals surface area contributed by atoms with E-state index in [1.807, 2.05) is 0 Å². The van der Waals surface area contributed by atoms with Gasteiger partial charge < -0.3 is 4.42 Å². The predicted octanol–water partition coefficient (Wildman–Crippen LogP) is 4.18. The summed E-state index contributed by atoms with van der Waals surface area (Å²) < 4.78 is 32.6. The van der Waals surface area contributed by atoms with E-state index < -0.39 is 15.9 Å². The van der Waals surface area contributed by atoms with E-state index in [0.29, 0.717) is 11.7 Å². The summed E-state index contributed by atoms with van der Waals surface area (Å²) in [5.41, 5.74) is 3.78. The summed E-state index contributed by atoms with van der Waals surface area (Å²) in [7, 11) is -3.88. The van der Waals surface area contributed by atoms with Gasteiger partial charge in [0.2, 0.25) is 10.0 Å². The fraction of sp³-hybridized carbons (Fsp3) is 0.478. The van der Waals surface area contributed by atoms with Gasteiger partial charge >= 0.3 is 0 Å². The van der Waals surface area contributed by atoms with Gasteiger partial charge in [0.25, 0.3) is 5.91 Å². The molecule has 1 heterocycles. The molecule has 31 heavy (non-hydrogen) atoms. The largest absolute Gasteiger partial charge is 0.468 e. The minimum atomic E-state index is -3.88. The first-order valence-corrected chi connectivity index (χ1v) is 12.0. The van der Waals surface area contributed by atoms with Crippen LogP contribution in [0, 0.1) is 11.3 Å². The van der Waals surface area contributed by atoms with Gasteiger partial charge in [0.1, 0.15) is 5.76 Å². The van der Waals surface area contributed by atoms with Crippen LogP contribution in [0.3, 0.4) is 0 Å². The highest BCUT2D eigenvalue weighted by atomic mass is 32.2. The van der Waals surface area contributed by atoms with Gasteiger partial charge in [-0.3, -0.25) is 4.79 Å². The summed E-state index contributed by atoms with van der Waals surface area (Å²) in [5, 5.41) is 4.28. The van der Waals surface area contributed by atoms with Crippen LogP contribution in [0.15, 0.2) is 63.1 Å². The number of carbonyl (C=O) groups is 1. The van der Waals surface area contributed by atoms with Crippen LogP contribution in [0.4, 0.5) is 0 Å². The van der Waals surface area contributed by atoms with Gasteiger partial charge in [-0.2, -0.15) is 9.41 Å². The van der Waals surface area contributed by atoms with Crippen LogP contribution in [0.2, 0.25) is 0 Å². The third-order valence-electron chi connectivity index (χ3n) is 5.74. The summed E-state index contributed by atoms with van der Waals surface area (Å²) in [4.78, 5) is 12.7. The molecule has 8 heteroatoms. The van der Waals surface area contributed by atoms with E-state index in [1.54, 1.807) is 30.3 Å². The molecular formula is C23H31N3O4S. The summed E-state index contributed by atoms with van der Waals surface area (Å²) in [6.45, 7) is 6.37. The van der Waals surface area contributed by atoms with Crippen molar-refractivity contribution in [2.75, 3.05) is 6.54 Å². The van der Waals surface area contributed by atoms with E-state index in [0.717, 1.165) is 35.7 Å². The Kier molecular flexibility index (Phi) is 7.33. The third-order valence-corrected chi connectivity index (χ3v) is 7.55. The highest BCUT2D eigenvalue weighted by Gasteiger charge is 2.29. The van der Waals surface area contributed by atoms with E-state index in [-0.39, 0.29) is 23.4 Å². The van der Waals surface area contributed by atoms with Gasteiger partial charge in [-0.05, 0) is 61.3 Å². The molecule has 1 fully saturated rings. The lowest BCUT2D eigenvalue weighted by molar-refractivity contribution is -0.121. The van der Waals surface area contributed by atoms with Crippen LogP contribution in [-0.2, 0) is 21.4 Å². The molecule has 1 aliphatic rings. The summed E-state index contributed by atoms with van der Waals surface area (Å²) in [6.07, 6.45) is 5.26. The number of hydrazone groups is 1. The molecule has 2 aromatic rings. The number of rotatable bonds is 7. The van der Waals surface area contributed by atoms with Crippen LogP contribution in [0.1, 0.15) is 52.2 Å². The number of amides is 1. The average Bonchev–Trinajstić information content (AvgIpc) is 3.25. The monoisotopic (exact) mass is 445 g/mol. The number of nitrogens with zero attached hydrogens (tertiary/aromatic N) is 2. The van der Waals surface area contributed by atoms with Crippen LogP contribution in [-0.4, -0.2) is 30.9 Å². The van der Waals surface area contributed by atoms with E-state index in [1.165, 1.54) is 18.4 Å². The third kappa shape index (κ3) is 6.27. The highest BCUT2D eigenvalue weighted by Crippen LogP contribution is 2.36. The molecule has 168 valence electrons. The number of sulfonamides is 1. The van der Waals surface area contributed by atoms with Crippen LogP contribution >= 0.6 is 0 Å². The summed E-state index contributed by atoms with van der Waals surface area (Å²) in [6, 6.07) is 11.4. The molecule has 0 spiro atoms. The van der Waals surface area contributed by atoms with Gasteiger partial charge in [-0.25, -0.2) is 13.8 Å². The summed E-state index contributed by atoms with van der Waals surface area (Å²) in [5.74, 6) is 0.623. The molecule has 7 nitrogen and oxygen atoms in total. The van der Waals surface area contributed by atoms with Crippen molar-refractivity contribution in [3.05, 3.63) is 54.5 Å². The fourth-order valence-corrected chi connectivity index (χ4v) is 5.19. The van der Waals surface area contributed by atoms with E-state index in [4.69, 9.17) is 4.42 Å². The van der Waals surface area contributed by atoms with Crippen molar-refractivity contribution in [2.45, 2.75) is 57.9 Å². The van der Waals surface area contributed by atoms with Gasteiger partial charge in [0.15, 0.2) is 0 Å². The number of benzene rings is 1. The minimum absolute atomic E-state index is 0.0402. The lowest BCUT2D eigenvalue weighted by Gasteiger charge is -2.34. The normalized spacial score (nSPS) is 17.5. The Morgan fingerprint density at radius 2 is 1.81 bits per heavy atom. The number of hydrogen-bond donors (Lipinski definition) is 1. The summed E-state index contributed by atoms with van der Waals surface area (Å²) >= 11 is 0. The van der Waals surface area contributed by atoms with Crippen LogP contribution in [0.25, 0.3) is 0 Å². The Bertz CT molecular complexity index is 983. The fourth-order valence-electron chi connectivity index (χ4n) is 3.81. The Morgan fingerprint density at radius 1 is 1.13 bits per heavy atom. The van der Waals surface area contributed by atoms with Crippen molar-refractivity contribution in [2.24, 2.45) is 16.4 Å². The first-order valence-electron chi connectivity index (χ1n) is 10.6. The Labute approximate surface area is 184 Å². The Balaban J connectivity index is 1.66. The molecule has 0 aliphatic heterocycles. The van der Waals surface area contributed by atoms with Crippen molar-refractivity contribution < 1.29 is 17.6 Å². The van der Waals surface area contributed by atoms with Gasteiger partial charge in [-0.1, -0.05) is 39.0 Å². The lowest BCUT2D eigenvalue weighted by Crippen LogP contribution is -2.39. The van der Waals surface area contributed by atoms with Crippen molar-refractivity contribution in [3.63, 3.8) is 0 Å². The molecular weight excluding hydrogens is 414 g/mol. The topological polar surface area (TPSA) is 92.0 Å². The van der Waals surface area contributed by atoms with Crippen molar-refractivity contribution in [3.8, 4) is 0 Å². The molecule has 0 atom stereocenters. The van der Waals surface area contributed by atoms with E-state index in [2.05, 4.69) is 31.3 Å². The maximum absolute atomic E-state index is 13.1. The van der Waals surface area contributed by atoms with Gasteiger partial charge in [-0.15, -0.1) is 0 Å². The second kappa shape index (κ2) is 9.78. The molecule has 1 aromatic carbocycles. The SMILES string of the molecule is CC(C)(C)C1CCC(=NNC(=O)CN(Cc2ccco2)S(=O)(=O)c2ccccc2)CC1. The van der Waals surface area contributed by atoms with E-state index in [9.17, 15) is 13.2 Å². The zero-order valence-corrected chi connectivity index (χ0v) is 19.2. The molecule has 0 radical (unpaired) electrons. The quantitative estimate of drug-likeness (QED) is 0.647. The maximum Gasteiger partial charge on any atom is 0.255 e. The highest BCUT2D eigenvalue weighted by molar-refractivity contribution is 7.89. The zero-order chi connectivity index (χ0) is 22.5. The van der Waals surface area contributed by atoms with Crippen molar-refractivity contribution in [1.82, 2.24) is 9.73 Å². The first-order chi connectivity index (χ1) is 14.7. The second-order valence-corrected chi connectivity index (χ2v) is 11.0. The molecule has 1 aromatic heterocycles. The molecule has 1 aliphatic carbocycles. The number of nitrogens with one attached hydrogen (secondary N) is 1. The van der Waals surface area contributed by atoms with Crippen LogP contribution in [0.5, 0.6) is 0 Å². The van der Waals surface area contributed by atoms with E-state index >= 15 is 0 Å². The van der Waals surface area contributed by atoms with Crippen LogP contribution < -0.4 is 5.43 Å². The molecule has 1 amide bonds. The van der Waals surface area contributed by atoms with Crippen molar-refractivity contribution in [1.29, 1.82) is 0 Å². The number of carbonyl (C=O) groups excluding carboxylic acids is 1. The smallest absolute Gasteiger partial charge is 0.255 e. The molecule has 0 unspecified atom stereocenters. The average molecular weight is 446 g/mol. The molecule has 3 rings (SSSR count). The first kappa shape index (κ1) is 23.2.